The van der Waals surface area contributed by atoms with Gasteiger partial charge in [-0.1, -0.05) is 13.0 Å². The van der Waals surface area contributed by atoms with Crippen molar-refractivity contribution in [1.29, 1.82) is 0 Å². The Morgan fingerprint density at radius 2 is 2.26 bits per heavy atom. The molecule has 3 rings (SSSR count). The van der Waals surface area contributed by atoms with Crippen LogP contribution < -0.4 is 5.32 Å². The molecule has 1 aliphatic heterocycles. The molecule has 4 heteroatoms. The molecule has 1 aromatic heterocycles. The fraction of sp³-hybridized carbons (Fsp3) is 0.667. The van der Waals surface area contributed by atoms with Gasteiger partial charge < -0.3 is 14.8 Å². The number of ether oxygens (including phenoxy) is 2. The van der Waals surface area contributed by atoms with Gasteiger partial charge in [-0.3, -0.25) is 4.98 Å². The summed E-state index contributed by atoms with van der Waals surface area (Å²) in [6, 6.07) is 4.63. The van der Waals surface area contributed by atoms with Gasteiger partial charge in [0.15, 0.2) is 6.29 Å². The molecule has 0 amide bonds. The highest BCUT2D eigenvalue weighted by atomic mass is 16.7. The Kier molecular flexibility index (Phi) is 4.11. The van der Waals surface area contributed by atoms with Gasteiger partial charge in [0, 0.05) is 30.3 Å². The molecule has 0 saturated carbocycles. The van der Waals surface area contributed by atoms with Crippen molar-refractivity contribution in [3.8, 4) is 0 Å². The molecular weight excluding hydrogens is 240 g/mol. The molecular formula is C15H22N2O2. The number of hydrogen-bond acceptors (Lipinski definition) is 4. The lowest BCUT2D eigenvalue weighted by atomic mass is 9.94. The highest BCUT2D eigenvalue weighted by Gasteiger charge is 2.33. The van der Waals surface area contributed by atoms with Crippen LogP contribution in [-0.2, 0) is 15.9 Å². The van der Waals surface area contributed by atoms with Crippen LogP contribution >= 0.6 is 0 Å². The quantitative estimate of drug-likeness (QED) is 0.879. The van der Waals surface area contributed by atoms with E-state index >= 15 is 0 Å². The van der Waals surface area contributed by atoms with Gasteiger partial charge in [0.2, 0.25) is 0 Å². The third-order valence-electron chi connectivity index (χ3n) is 4.09. The number of pyridine rings is 1. The molecule has 2 atom stereocenters. The third-order valence-corrected chi connectivity index (χ3v) is 4.09. The summed E-state index contributed by atoms with van der Waals surface area (Å²) in [6.45, 7) is 4.57. The lowest BCUT2D eigenvalue weighted by Crippen LogP contribution is -2.37. The van der Waals surface area contributed by atoms with E-state index in [1.54, 1.807) is 0 Å². The van der Waals surface area contributed by atoms with E-state index in [-0.39, 0.29) is 6.29 Å². The Balaban J connectivity index is 1.73. The van der Waals surface area contributed by atoms with E-state index in [0.717, 1.165) is 32.6 Å². The zero-order valence-electron chi connectivity index (χ0n) is 11.5. The average molecular weight is 262 g/mol. The number of hydrogen-bond donors (Lipinski definition) is 1. The van der Waals surface area contributed by atoms with E-state index in [9.17, 15) is 0 Å². The lowest BCUT2D eigenvalue weighted by Gasteiger charge is -2.26. The first kappa shape index (κ1) is 13.0. The number of aromatic nitrogens is 1. The summed E-state index contributed by atoms with van der Waals surface area (Å²) in [7, 11) is 0. The lowest BCUT2D eigenvalue weighted by molar-refractivity contribution is -0.0543. The topological polar surface area (TPSA) is 43.4 Å². The number of fused-ring (bicyclic) bond motifs is 1. The second-order valence-corrected chi connectivity index (χ2v) is 5.26. The highest BCUT2D eigenvalue weighted by Crippen LogP contribution is 2.35. The van der Waals surface area contributed by atoms with Crippen LogP contribution in [0.2, 0.25) is 0 Å². The Bertz CT molecular complexity index is 418. The van der Waals surface area contributed by atoms with Gasteiger partial charge in [-0.2, -0.15) is 0 Å². The Hall–Kier alpha value is -0.970. The fourth-order valence-corrected chi connectivity index (χ4v) is 3.24. The van der Waals surface area contributed by atoms with E-state index in [2.05, 4.69) is 23.3 Å². The molecule has 2 heterocycles. The number of rotatable bonds is 5. The van der Waals surface area contributed by atoms with Crippen LogP contribution in [0.15, 0.2) is 18.3 Å². The maximum atomic E-state index is 5.59. The first-order valence-electron chi connectivity index (χ1n) is 7.29. The minimum Gasteiger partial charge on any atom is -0.350 e. The van der Waals surface area contributed by atoms with Gasteiger partial charge in [-0.15, -0.1) is 0 Å². The van der Waals surface area contributed by atoms with Crippen molar-refractivity contribution in [3.63, 3.8) is 0 Å². The standard InChI is InChI=1S/C15H22N2O2/c1-2-16-13(10-14-18-8-9-19-14)12-6-5-11-4-3-7-17-15(11)12/h3-4,7,12-14,16H,2,5-6,8-10H2,1H3. The second-order valence-electron chi connectivity index (χ2n) is 5.26. The first-order chi connectivity index (χ1) is 9.38. The molecule has 1 aliphatic carbocycles. The summed E-state index contributed by atoms with van der Waals surface area (Å²) in [4.78, 5) is 4.60. The van der Waals surface area contributed by atoms with Crippen LogP contribution in [0.25, 0.3) is 0 Å². The first-order valence-corrected chi connectivity index (χ1v) is 7.29. The summed E-state index contributed by atoms with van der Waals surface area (Å²) >= 11 is 0. The van der Waals surface area contributed by atoms with Crippen molar-refractivity contribution >= 4 is 0 Å². The Labute approximate surface area is 114 Å². The maximum absolute atomic E-state index is 5.59. The molecule has 4 nitrogen and oxygen atoms in total. The van der Waals surface area contributed by atoms with Crippen LogP contribution in [0.4, 0.5) is 0 Å². The van der Waals surface area contributed by atoms with Gasteiger partial charge in [0.1, 0.15) is 0 Å². The normalized spacial score (nSPS) is 24.6. The van der Waals surface area contributed by atoms with Crippen molar-refractivity contribution in [3.05, 3.63) is 29.6 Å². The van der Waals surface area contributed by atoms with Crippen molar-refractivity contribution in [2.45, 2.75) is 44.4 Å². The van der Waals surface area contributed by atoms with Crippen molar-refractivity contribution in [2.75, 3.05) is 19.8 Å². The molecule has 0 radical (unpaired) electrons. The predicted octanol–water partition coefficient (Wildman–Crippen LogP) is 1.85. The molecule has 2 unspecified atom stereocenters. The van der Waals surface area contributed by atoms with Crippen LogP contribution in [0.3, 0.4) is 0 Å². The highest BCUT2D eigenvalue weighted by molar-refractivity contribution is 5.30. The monoisotopic (exact) mass is 262 g/mol. The summed E-state index contributed by atoms with van der Waals surface area (Å²) in [5.74, 6) is 0.490. The zero-order chi connectivity index (χ0) is 13.1. The summed E-state index contributed by atoms with van der Waals surface area (Å²) in [6.07, 6.45) is 5.09. The predicted molar refractivity (Wildman–Crippen MR) is 73.1 cm³/mol. The van der Waals surface area contributed by atoms with Gasteiger partial charge >= 0.3 is 0 Å². The minimum atomic E-state index is -0.0446. The van der Waals surface area contributed by atoms with Gasteiger partial charge in [0.05, 0.1) is 13.2 Å². The molecule has 0 aromatic carbocycles. The van der Waals surface area contributed by atoms with Gasteiger partial charge in [-0.25, -0.2) is 0 Å². The molecule has 0 bridgehead atoms. The zero-order valence-corrected chi connectivity index (χ0v) is 11.5. The number of aryl methyl sites for hydroxylation is 1. The number of nitrogens with zero attached hydrogens (tertiary/aromatic N) is 1. The van der Waals surface area contributed by atoms with Crippen LogP contribution in [0.5, 0.6) is 0 Å². The second kappa shape index (κ2) is 5.99. The van der Waals surface area contributed by atoms with Crippen LogP contribution in [0, 0.1) is 0 Å². The summed E-state index contributed by atoms with van der Waals surface area (Å²) in [5, 5.41) is 3.59. The largest absolute Gasteiger partial charge is 0.350 e. The molecule has 1 aromatic rings. The maximum Gasteiger partial charge on any atom is 0.159 e. The summed E-state index contributed by atoms with van der Waals surface area (Å²) in [5.41, 5.74) is 2.68. The Morgan fingerprint density at radius 1 is 1.42 bits per heavy atom. The van der Waals surface area contributed by atoms with Crippen molar-refractivity contribution in [2.24, 2.45) is 0 Å². The molecule has 0 spiro atoms. The van der Waals surface area contributed by atoms with E-state index in [1.807, 2.05) is 12.3 Å². The van der Waals surface area contributed by atoms with E-state index < -0.39 is 0 Å². The number of nitrogens with one attached hydrogen (secondary N) is 1. The Morgan fingerprint density at radius 3 is 3.05 bits per heavy atom. The van der Waals surface area contributed by atoms with E-state index in [0.29, 0.717) is 12.0 Å². The van der Waals surface area contributed by atoms with E-state index in [1.165, 1.54) is 17.7 Å². The van der Waals surface area contributed by atoms with Crippen LogP contribution in [-0.4, -0.2) is 37.1 Å². The molecule has 2 aliphatic rings. The smallest absolute Gasteiger partial charge is 0.159 e. The molecule has 1 N–H and O–H groups in total. The van der Waals surface area contributed by atoms with Crippen molar-refractivity contribution in [1.82, 2.24) is 10.3 Å². The van der Waals surface area contributed by atoms with Crippen LogP contribution in [0.1, 0.15) is 36.9 Å². The number of likely N-dealkylation sites (N-methyl/N-ethyl adjacent to an activating group) is 1. The molecule has 104 valence electrons. The fourth-order valence-electron chi connectivity index (χ4n) is 3.24. The molecule has 1 saturated heterocycles. The van der Waals surface area contributed by atoms with Crippen molar-refractivity contribution < 1.29 is 9.47 Å². The van der Waals surface area contributed by atoms with Gasteiger partial charge in [-0.05, 0) is 31.0 Å². The summed E-state index contributed by atoms with van der Waals surface area (Å²) < 4.78 is 11.2. The SMILES string of the molecule is CCNC(CC1OCCO1)C1CCc2cccnc21. The average Bonchev–Trinajstić information content (AvgIpc) is 3.07. The third kappa shape index (κ3) is 2.81. The van der Waals surface area contributed by atoms with Gasteiger partial charge in [0.25, 0.3) is 0 Å². The minimum absolute atomic E-state index is 0.0446. The molecule has 1 fully saturated rings. The van der Waals surface area contributed by atoms with E-state index in [4.69, 9.17) is 9.47 Å². The molecule has 19 heavy (non-hydrogen) atoms.